The number of rotatable bonds is 4. The lowest BCUT2D eigenvalue weighted by atomic mass is 10.4. The van der Waals surface area contributed by atoms with E-state index in [4.69, 9.17) is 69.3 Å². The maximum absolute atomic E-state index is 5.62. The topological polar surface area (TPSA) is 24.7 Å². The van der Waals surface area contributed by atoms with Gasteiger partial charge in [-0.15, -0.1) is 0 Å². The fourth-order valence-corrected chi connectivity index (χ4v) is 12.9. The molecule has 0 radical (unpaired) electrons. The molecule has 36 heavy (non-hydrogen) atoms. The number of hydrogen-bond acceptors (Lipinski definition) is 2. The van der Waals surface area contributed by atoms with E-state index in [-0.39, 0.29) is 0 Å². The second-order valence-electron chi connectivity index (χ2n) is 7.22. The van der Waals surface area contributed by atoms with Crippen LogP contribution < -0.4 is 21.2 Å². The number of hydrogen-bond donors (Lipinski definition) is 0. The predicted octanol–water partition coefficient (Wildman–Crippen LogP) is 8.91. The summed E-state index contributed by atoms with van der Waals surface area (Å²) in [5.41, 5.74) is 0. The van der Waals surface area contributed by atoms with Crippen molar-refractivity contribution >= 4 is 119 Å². The Kier molecular flexibility index (Phi) is 12.8. The van der Waals surface area contributed by atoms with Gasteiger partial charge in [0.1, 0.15) is 14.4 Å². The van der Waals surface area contributed by atoms with E-state index in [0.29, 0.717) is 0 Å². The number of halogens is 6. The summed E-state index contributed by atoms with van der Waals surface area (Å²) in [6.45, 7) is 0. The van der Waals surface area contributed by atoms with E-state index in [1.807, 2.05) is 0 Å². The van der Waals surface area contributed by atoms with E-state index in [2.05, 4.69) is 121 Å². The first-order valence-corrected chi connectivity index (χ1v) is 24.5. The van der Waals surface area contributed by atoms with Gasteiger partial charge < -0.3 is 0 Å². The van der Waals surface area contributed by atoms with E-state index in [1.54, 1.807) is 0 Å². The Morgan fingerprint density at radius 1 is 0.361 bits per heavy atom. The first-order chi connectivity index (χ1) is 17.3. The molecule has 0 atom stereocenters. The summed E-state index contributed by atoms with van der Waals surface area (Å²) in [7, 11) is 25.4. The fraction of sp³-hybridized carbons (Fsp3) is 0. The molecule has 0 unspecified atom stereocenters. The van der Waals surface area contributed by atoms with Gasteiger partial charge in [0.05, 0.1) is 0 Å². The Bertz CT molecular complexity index is 1120. The Hall–Kier alpha value is 0.145. The van der Waals surface area contributed by atoms with Crippen molar-refractivity contribution in [3.05, 3.63) is 121 Å². The normalized spacial score (nSPS) is 14.2. The summed E-state index contributed by atoms with van der Waals surface area (Å²) in [5, 5.41) is 4.90. The average Bonchev–Trinajstić information content (AvgIpc) is 2.86. The zero-order chi connectivity index (χ0) is 26.0. The molecule has 1 aliphatic rings. The SMILES string of the molecule is [Cl][Al]([Cl])[Cl].[Cl][Al]([Cl])[Cl].c1ccc(P2(c3ccccc3)=NP(c3ccccc3)(c3ccccc3)=N2)cc1. The molecule has 0 saturated heterocycles. The van der Waals surface area contributed by atoms with Crippen molar-refractivity contribution < 1.29 is 0 Å². The van der Waals surface area contributed by atoms with Crippen LogP contribution in [0.15, 0.2) is 130 Å². The van der Waals surface area contributed by atoms with Crippen LogP contribution in [0.1, 0.15) is 0 Å². The van der Waals surface area contributed by atoms with Crippen LogP contribution in [-0.4, -0.2) is 22.8 Å². The molecule has 184 valence electrons. The molecule has 4 aromatic rings. The van der Waals surface area contributed by atoms with Crippen molar-refractivity contribution in [1.29, 1.82) is 0 Å². The van der Waals surface area contributed by atoms with Crippen LogP contribution in [-0.2, 0) is 0 Å². The van der Waals surface area contributed by atoms with Gasteiger partial charge >= 0.3 is 22.8 Å². The molecule has 1 heterocycles. The lowest BCUT2D eigenvalue weighted by Crippen LogP contribution is -2.24. The van der Waals surface area contributed by atoms with E-state index in [0.717, 1.165) is 0 Å². The van der Waals surface area contributed by atoms with Crippen LogP contribution in [0.3, 0.4) is 0 Å². The molecule has 1 aliphatic heterocycles. The zero-order valence-corrected chi connectivity index (χ0v) is 27.4. The summed E-state index contributed by atoms with van der Waals surface area (Å²) in [6, 6.07) is 42.4. The third-order valence-corrected chi connectivity index (χ3v) is 13.2. The Morgan fingerprint density at radius 3 is 0.694 bits per heavy atom. The highest BCUT2D eigenvalue weighted by atomic mass is 35.8. The molecule has 0 spiro atoms. The van der Waals surface area contributed by atoms with Gasteiger partial charge in [-0.2, -0.15) is 0 Å². The van der Waals surface area contributed by atoms with Crippen LogP contribution in [0.2, 0.25) is 0 Å². The molecule has 0 amide bonds. The van der Waals surface area contributed by atoms with Gasteiger partial charge in [0.2, 0.25) is 0 Å². The zero-order valence-electron chi connectivity index (χ0n) is 18.8. The highest BCUT2D eigenvalue weighted by molar-refractivity contribution is 8.00. The van der Waals surface area contributed by atoms with Gasteiger partial charge in [0.25, 0.3) is 0 Å². The van der Waals surface area contributed by atoms with Gasteiger partial charge in [0, 0.05) is 21.2 Å². The second kappa shape index (κ2) is 15.1. The highest BCUT2D eigenvalue weighted by Gasteiger charge is 2.41. The molecule has 0 saturated carbocycles. The molecule has 5 rings (SSSR count). The van der Waals surface area contributed by atoms with Gasteiger partial charge in [-0.25, -0.2) is 69.3 Å². The number of benzene rings is 4. The summed E-state index contributed by atoms with van der Waals surface area (Å²) < 4.78 is 11.2. The molecule has 0 N–H and O–H groups in total. The molecule has 2 nitrogen and oxygen atoms in total. The third kappa shape index (κ3) is 8.08. The van der Waals surface area contributed by atoms with Gasteiger partial charge in [-0.05, 0) is 0 Å². The summed E-state index contributed by atoms with van der Waals surface area (Å²) in [5.74, 6) is 0. The quantitative estimate of drug-likeness (QED) is 0.154. The van der Waals surface area contributed by atoms with Crippen molar-refractivity contribution in [2.45, 2.75) is 0 Å². The molecule has 4 aromatic carbocycles. The largest absolute Gasteiger partial charge is 0.643 e. The maximum Gasteiger partial charge on any atom is 0.643 e. The first-order valence-electron chi connectivity index (χ1n) is 10.6. The smallest absolute Gasteiger partial charge is 0.223 e. The monoisotopic (exact) mass is 662 g/mol. The van der Waals surface area contributed by atoms with Crippen LogP contribution in [0.4, 0.5) is 0 Å². The van der Waals surface area contributed by atoms with Crippen molar-refractivity contribution in [3.63, 3.8) is 0 Å². The van der Waals surface area contributed by atoms with Gasteiger partial charge in [0.15, 0.2) is 0 Å². The van der Waals surface area contributed by atoms with Crippen LogP contribution in [0.5, 0.6) is 0 Å². The van der Waals surface area contributed by atoms with Crippen molar-refractivity contribution in [1.82, 2.24) is 0 Å². The minimum absolute atomic E-state index is 1.23. The van der Waals surface area contributed by atoms with E-state index in [9.17, 15) is 0 Å². The highest BCUT2D eigenvalue weighted by Crippen LogP contribution is 2.75. The lowest BCUT2D eigenvalue weighted by Gasteiger charge is -2.38. The van der Waals surface area contributed by atoms with Crippen LogP contribution >= 0.6 is 74.7 Å². The molecule has 12 heteroatoms. The average molecular weight is 665 g/mol. The molecule has 0 aromatic heterocycles. The van der Waals surface area contributed by atoms with Gasteiger partial charge in [-0.3, -0.25) is 0 Å². The van der Waals surface area contributed by atoms with Crippen molar-refractivity contribution in [2.75, 3.05) is 0 Å². The molecule has 0 aliphatic carbocycles. The molecular weight excluding hydrogens is 645 g/mol. The summed E-state index contributed by atoms with van der Waals surface area (Å²) in [6.07, 6.45) is 0. The van der Waals surface area contributed by atoms with Crippen LogP contribution in [0, 0.1) is 0 Å². The standard InChI is InChI=1S/C24H20N2P2.2Al.6ClH/c1-5-13-21(14-6-1)27(22-15-7-2-8-16-22)25-28(26-27,23-17-9-3-10-18-23)24-19-11-4-12-20-24;;;;;;;;/h1-20H;;;6*1H/q;2*+3;;;;;;/p-6. The van der Waals surface area contributed by atoms with Crippen molar-refractivity contribution in [2.24, 2.45) is 9.03 Å². The number of nitrogens with zero attached hydrogens (tertiary/aromatic N) is 2. The Labute approximate surface area is 246 Å². The Morgan fingerprint density at radius 2 is 0.528 bits per heavy atom. The van der Waals surface area contributed by atoms with E-state index in [1.165, 1.54) is 21.2 Å². The van der Waals surface area contributed by atoms with E-state index >= 15 is 0 Å². The third-order valence-electron chi connectivity index (χ3n) is 4.98. The fourth-order valence-electron chi connectivity index (χ4n) is 3.63. The minimum atomic E-state index is -2.13. The summed E-state index contributed by atoms with van der Waals surface area (Å²) in [4.78, 5) is 0. The maximum atomic E-state index is 5.62. The minimum Gasteiger partial charge on any atom is -0.223 e. The van der Waals surface area contributed by atoms with Crippen molar-refractivity contribution in [3.8, 4) is 0 Å². The lowest BCUT2D eigenvalue weighted by molar-refractivity contribution is 1.61. The van der Waals surface area contributed by atoms with Gasteiger partial charge in [-0.1, -0.05) is 121 Å². The summed E-state index contributed by atoms with van der Waals surface area (Å²) >= 11 is -3.44. The predicted molar refractivity (Wildman–Crippen MR) is 170 cm³/mol. The molecule has 0 fully saturated rings. The Balaban J connectivity index is 0.000000398. The van der Waals surface area contributed by atoms with E-state index < -0.39 is 37.2 Å². The molecular formula is C24H20Al2Cl6N2P2. The van der Waals surface area contributed by atoms with Crippen LogP contribution in [0.25, 0.3) is 0 Å². The second-order valence-corrected chi connectivity index (χ2v) is 26.0. The first kappa shape index (κ1) is 30.7. The molecule has 0 bridgehead atoms.